The van der Waals surface area contributed by atoms with E-state index in [2.05, 4.69) is 0 Å². The first-order chi connectivity index (χ1) is 9.56. The van der Waals surface area contributed by atoms with Crippen LogP contribution < -0.4 is 0 Å². The van der Waals surface area contributed by atoms with Gasteiger partial charge in [0.05, 0.1) is 10.0 Å². The average molecular weight is 309 g/mol. The summed E-state index contributed by atoms with van der Waals surface area (Å²) in [5, 5.41) is 1.05. The fourth-order valence-electron chi connectivity index (χ4n) is 1.92. The van der Waals surface area contributed by atoms with Crippen LogP contribution in [0.3, 0.4) is 0 Å². The molecule has 1 aromatic heterocycles. The van der Waals surface area contributed by atoms with Crippen LogP contribution >= 0.6 is 23.2 Å². The van der Waals surface area contributed by atoms with Crippen LogP contribution in [0.25, 0.3) is 11.0 Å². The standard InChI is InChI=1S/C15H7Cl2FO2/c16-10-3-1-2-9-7-13(20-15(9)10)14(19)8-4-5-12(18)11(17)6-8/h1-7H. The molecule has 0 unspecified atom stereocenters. The van der Waals surface area contributed by atoms with Gasteiger partial charge in [-0.2, -0.15) is 0 Å². The Bertz CT molecular complexity index is 824. The molecule has 0 amide bonds. The Balaban J connectivity index is 2.08. The molecule has 0 fully saturated rings. The molecule has 0 saturated carbocycles. The van der Waals surface area contributed by atoms with Crippen LogP contribution in [-0.4, -0.2) is 5.78 Å². The molecule has 0 saturated heterocycles. The number of halogens is 3. The summed E-state index contributed by atoms with van der Waals surface area (Å²) in [6.45, 7) is 0. The number of para-hydroxylation sites is 1. The highest BCUT2D eigenvalue weighted by molar-refractivity contribution is 6.35. The number of hydrogen-bond donors (Lipinski definition) is 0. The zero-order chi connectivity index (χ0) is 14.3. The number of rotatable bonds is 2. The number of furan rings is 1. The third kappa shape index (κ3) is 2.19. The highest BCUT2D eigenvalue weighted by atomic mass is 35.5. The molecular weight excluding hydrogens is 302 g/mol. The molecule has 3 aromatic rings. The van der Waals surface area contributed by atoms with E-state index < -0.39 is 5.82 Å². The first kappa shape index (κ1) is 13.2. The van der Waals surface area contributed by atoms with Gasteiger partial charge in [0, 0.05) is 10.9 Å². The molecule has 5 heteroatoms. The molecule has 1 heterocycles. The molecular formula is C15H7Cl2FO2. The van der Waals surface area contributed by atoms with E-state index in [4.69, 9.17) is 27.6 Å². The van der Waals surface area contributed by atoms with Gasteiger partial charge in [-0.15, -0.1) is 0 Å². The predicted molar refractivity (Wildman–Crippen MR) is 76.1 cm³/mol. The van der Waals surface area contributed by atoms with Crippen molar-refractivity contribution >= 4 is 40.0 Å². The summed E-state index contributed by atoms with van der Waals surface area (Å²) >= 11 is 11.7. The molecule has 100 valence electrons. The minimum absolute atomic E-state index is 0.106. The Morgan fingerprint density at radius 2 is 1.85 bits per heavy atom. The molecule has 0 aliphatic heterocycles. The maximum absolute atomic E-state index is 13.1. The number of fused-ring (bicyclic) bond motifs is 1. The van der Waals surface area contributed by atoms with Crippen molar-refractivity contribution in [2.45, 2.75) is 0 Å². The average Bonchev–Trinajstić information content (AvgIpc) is 2.86. The van der Waals surface area contributed by atoms with Crippen molar-refractivity contribution in [2.24, 2.45) is 0 Å². The van der Waals surface area contributed by atoms with Gasteiger partial charge in [0.1, 0.15) is 5.82 Å². The summed E-state index contributed by atoms with van der Waals surface area (Å²) < 4.78 is 18.6. The Labute approximate surface area is 123 Å². The fraction of sp³-hybridized carbons (Fsp3) is 0. The van der Waals surface area contributed by atoms with Crippen molar-refractivity contribution in [3.05, 3.63) is 69.7 Å². The van der Waals surface area contributed by atoms with Gasteiger partial charge >= 0.3 is 0 Å². The summed E-state index contributed by atoms with van der Waals surface area (Å²) in [6.07, 6.45) is 0. The molecule has 0 N–H and O–H groups in total. The zero-order valence-electron chi connectivity index (χ0n) is 9.99. The Morgan fingerprint density at radius 1 is 1.05 bits per heavy atom. The largest absolute Gasteiger partial charge is 0.451 e. The first-order valence-corrected chi connectivity index (χ1v) is 6.49. The Hall–Kier alpha value is -1.84. The first-order valence-electron chi connectivity index (χ1n) is 5.74. The fourth-order valence-corrected chi connectivity index (χ4v) is 2.32. The van der Waals surface area contributed by atoms with Crippen LogP contribution in [0.1, 0.15) is 16.1 Å². The van der Waals surface area contributed by atoms with Gasteiger partial charge in [0.25, 0.3) is 0 Å². The van der Waals surface area contributed by atoms with E-state index >= 15 is 0 Å². The van der Waals surface area contributed by atoms with Gasteiger partial charge in [-0.05, 0) is 30.3 Å². The highest BCUT2D eigenvalue weighted by Gasteiger charge is 2.17. The normalized spacial score (nSPS) is 10.9. The van der Waals surface area contributed by atoms with E-state index in [1.165, 1.54) is 12.1 Å². The van der Waals surface area contributed by atoms with Crippen molar-refractivity contribution in [2.75, 3.05) is 0 Å². The second-order valence-corrected chi connectivity index (χ2v) is 5.04. The lowest BCUT2D eigenvalue weighted by atomic mass is 10.1. The molecule has 0 aliphatic carbocycles. The molecule has 0 radical (unpaired) electrons. The second kappa shape index (κ2) is 4.93. The Kier molecular flexibility index (Phi) is 3.24. The molecule has 20 heavy (non-hydrogen) atoms. The monoisotopic (exact) mass is 308 g/mol. The lowest BCUT2D eigenvalue weighted by molar-refractivity contribution is 0.101. The van der Waals surface area contributed by atoms with Gasteiger partial charge < -0.3 is 4.42 Å². The topological polar surface area (TPSA) is 30.2 Å². The minimum Gasteiger partial charge on any atom is -0.451 e. The minimum atomic E-state index is -0.573. The van der Waals surface area contributed by atoms with Crippen molar-refractivity contribution in [3.63, 3.8) is 0 Å². The highest BCUT2D eigenvalue weighted by Crippen LogP contribution is 2.28. The SMILES string of the molecule is O=C(c1ccc(F)c(Cl)c1)c1cc2cccc(Cl)c2o1. The van der Waals surface area contributed by atoms with E-state index in [1.54, 1.807) is 24.3 Å². The maximum atomic E-state index is 13.1. The van der Waals surface area contributed by atoms with Crippen LogP contribution in [0.5, 0.6) is 0 Å². The molecule has 0 aliphatic rings. The summed E-state index contributed by atoms with van der Waals surface area (Å²) in [7, 11) is 0. The Morgan fingerprint density at radius 3 is 2.55 bits per heavy atom. The van der Waals surface area contributed by atoms with Crippen molar-refractivity contribution in [3.8, 4) is 0 Å². The van der Waals surface area contributed by atoms with E-state index in [-0.39, 0.29) is 22.1 Å². The third-order valence-electron chi connectivity index (χ3n) is 2.90. The summed E-state index contributed by atoms with van der Waals surface area (Å²) in [5.74, 6) is -0.814. The summed E-state index contributed by atoms with van der Waals surface area (Å²) in [6, 6.07) is 10.6. The molecule has 2 nitrogen and oxygen atoms in total. The number of benzene rings is 2. The third-order valence-corrected chi connectivity index (χ3v) is 3.49. The van der Waals surface area contributed by atoms with E-state index in [0.29, 0.717) is 10.6 Å². The second-order valence-electron chi connectivity index (χ2n) is 4.23. The lowest BCUT2D eigenvalue weighted by Crippen LogP contribution is -1.99. The van der Waals surface area contributed by atoms with Gasteiger partial charge in [-0.25, -0.2) is 4.39 Å². The smallest absolute Gasteiger partial charge is 0.228 e. The number of carbonyl (C=O) groups is 1. The van der Waals surface area contributed by atoms with E-state index in [0.717, 1.165) is 11.5 Å². The van der Waals surface area contributed by atoms with Gasteiger partial charge in [0.15, 0.2) is 11.3 Å². The van der Waals surface area contributed by atoms with Crippen molar-refractivity contribution in [1.82, 2.24) is 0 Å². The summed E-state index contributed by atoms with van der Waals surface area (Å²) in [5.41, 5.74) is 0.706. The number of hydrogen-bond acceptors (Lipinski definition) is 2. The quantitative estimate of drug-likeness (QED) is 0.616. The maximum Gasteiger partial charge on any atom is 0.228 e. The molecule has 0 spiro atoms. The van der Waals surface area contributed by atoms with E-state index in [9.17, 15) is 9.18 Å². The van der Waals surface area contributed by atoms with Crippen molar-refractivity contribution < 1.29 is 13.6 Å². The van der Waals surface area contributed by atoms with Crippen LogP contribution in [-0.2, 0) is 0 Å². The van der Waals surface area contributed by atoms with Crippen LogP contribution in [0.2, 0.25) is 10.0 Å². The van der Waals surface area contributed by atoms with Gasteiger partial charge in [-0.1, -0.05) is 35.3 Å². The predicted octanol–water partition coefficient (Wildman–Crippen LogP) is 5.11. The molecule has 3 rings (SSSR count). The van der Waals surface area contributed by atoms with Gasteiger partial charge in [0.2, 0.25) is 5.78 Å². The summed E-state index contributed by atoms with van der Waals surface area (Å²) in [4.78, 5) is 12.3. The van der Waals surface area contributed by atoms with E-state index in [1.807, 2.05) is 0 Å². The molecule has 2 aromatic carbocycles. The van der Waals surface area contributed by atoms with Gasteiger partial charge in [-0.3, -0.25) is 4.79 Å². The zero-order valence-corrected chi connectivity index (χ0v) is 11.5. The molecule has 0 atom stereocenters. The number of ketones is 1. The van der Waals surface area contributed by atoms with Crippen LogP contribution in [0.4, 0.5) is 4.39 Å². The lowest BCUT2D eigenvalue weighted by Gasteiger charge is -1.99. The molecule has 0 bridgehead atoms. The van der Waals surface area contributed by atoms with Crippen LogP contribution in [0, 0.1) is 5.82 Å². The number of carbonyl (C=O) groups excluding carboxylic acids is 1. The van der Waals surface area contributed by atoms with Crippen LogP contribution in [0.15, 0.2) is 46.9 Å². The van der Waals surface area contributed by atoms with Crippen molar-refractivity contribution in [1.29, 1.82) is 0 Å².